The Morgan fingerprint density at radius 2 is 1.23 bits per heavy atom. The van der Waals surface area contributed by atoms with Gasteiger partial charge < -0.3 is 10.1 Å². The van der Waals surface area contributed by atoms with Gasteiger partial charge in [0.15, 0.2) is 6.10 Å². The van der Waals surface area contributed by atoms with E-state index >= 15 is 0 Å². The van der Waals surface area contributed by atoms with Gasteiger partial charge in [0.1, 0.15) is 5.75 Å². The third-order valence-electron chi connectivity index (χ3n) is 5.26. The lowest BCUT2D eigenvalue weighted by Crippen LogP contribution is -2.31. The third kappa shape index (κ3) is 5.10. The summed E-state index contributed by atoms with van der Waals surface area (Å²) < 4.78 is 5.93. The van der Waals surface area contributed by atoms with Gasteiger partial charge in [-0.15, -0.1) is 0 Å². The summed E-state index contributed by atoms with van der Waals surface area (Å²) in [6.45, 7) is 10.4. The summed E-state index contributed by atoms with van der Waals surface area (Å²) in [6.07, 6.45) is -0.604. The largest absolute Gasteiger partial charge is 0.481 e. The molecule has 1 amide bonds. The molecule has 3 aromatic carbocycles. The Hall–Kier alpha value is -3.07. The average Bonchev–Trinajstić information content (AvgIpc) is 2.74. The molecule has 0 aromatic heterocycles. The number of anilines is 1. The summed E-state index contributed by atoms with van der Waals surface area (Å²) in [7, 11) is 0. The van der Waals surface area contributed by atoms with Gasteiger partial charge in [0, 0.05) is 5.69 Å². The number of hydrogen-bond acceptors (Lipinski definition) is 2. The highest BCUT2D eigenvalue weighted by molar-refractivity contribution is 5.95. The van der Waals surface area contributed by atoms with Crippen LogP contribution in [0.15, 0.2) is 72.8 Å². The molecule has 3 aromatic rings. The number of benzene rings is 3. The Morgan fingerprint density at radius 3 is 1.77 bits per heavy atom. The van der Waals surface area contributed by atoms with Crippen molar-refractivity contribution in [1.29, 1.82) is 0 Å². The Labute approximate surface area is 180 Å². The smallest absolute Gasteiger partial charge is 0.265 e. The van der Waals surface area contributed by atoms with Crippen molar-refractivity contribution in [3.8, 4) is 16.9 Å². The summed E-state index contributed by atoms with van der Waals surface area (Å²) >= 11 is 0. The predicted octanol–water partition coefficient (Wildman–Crippen LogP) is 7.01. The first-order valence-electron chi connectivity index (χ1n) is 10.6. The number of carbonyl (C=O) groups is 1. The summed E-state index contributed by atoms with van der Waals surface area (Å²) in [4.78, 5) is 12.9. The van der Waals surface area contributed by atoms with Crippen molar-refractivity contribution in [1.82, 2.24) is 0 Å². The van der Waals surface area contributed by atoms with Gasteiger partial charge in [-0.2, -0.15) is 0 Å². The van der Waals surface area contributed by atoms with Gasteiger partial charge in [0.2, 0.25) is 0 Å². The van der Waals surface area contributed by atoms with Crippen LogP contribution in [-0.4, -0.2) is 12.0 Å². The molecular formula is C27H31NO2. The molecule has 156 valence electrons. The van der Waals surface area contributed by atoms with Crippen molar-refractivity contribution in [2.75, 3.05) is 5.32 Å². The number of para-hydroxylation sites is 1. The van der Waals surface area contributed by atoms with E-state index in [2.05, 4.69) is 63.3 Å². The molecule has 0 aliphatic rings. The molecule has 0 spiro atoms. The van der Waals surface area contributed by atoms with Crippen LogP contribution in [0.1, 0.15) is 57.6 Å². The van der Waals surface area contributed by atoms with E-state index < -0.39 is 6.10 Å². The summed E-state index contributed by atoms with van der Waals surface area (Å²) in [5, 5.41) is 3.14. The number of nitrogens with one attached hydrogen (secondary N) is 1. The van der Waals surface area contributed by atoms with Gasteiger partial charge in [-0.3, -0.25) is 4.79 Å². The lowest BCUT2D eigenvalue weighted by Gasteiger charge is -2.22. The van der Waals surface area contributed by atoms with Crippen molar-refractivity contribution in [2.45, 2.75) is 52.6 Å². The lowest BCUT2D eigenvalue weighted by molar-refractivity contribution is -0.122. The maximum atomic E-state index is 12.9. The molecule has 0 saturated carbocycles. The van der Waals surface area contributed by atoms with Crippen molar-refractivity contribution in [2.24, 2.45) is 0 Å². The normalized spacial score (nSPS) is 12.1. The molecule has 3 rings (SSSR count). The van der Waals surface area contributed by atoms with Gasteiger partial charge in [0.05, 0.1) is 0 Å². The lowest BCUT2D eigenvalue weighted by atomic mass is 9.92. The molecule has 1 unspecified atom stereocenters. The van der Waals surface area contributed by atoms with Crippen LogP contribution in [0.4, 0.5) is 5.69 Å². The zero-order valence-corrected chi connectivity index (χ0v) is 18.5. The van der Waals surface area contributed by atoms with Crippen LogP contribution in [0.5, 0.6) is 5.75 Å². The van der Waals surface area contributed by atoms with Crippen LogP contribution < -0.4 is 10.1 Å². The molecule has 3 nitrogen and oxygen atoms in total. The van der Waals surface area contributed by atoms with Crippen molar-refractivity contribution < 1.29 is 9.53 Å². The molecule has 0 heterocycles. The standard InChI is InChI=1S/C27H31NO2/c1-18(2)24-12-9-13-25(19(3)4)26(24)28-27(29)20(5)30-23-16-14-22(15-17-23)21-10-7-6-8-11-21/h6-20H,1-5H3,(H,28,29). The Bertz CT molecular complexity index is 949. The quantitative estimate of drug-likeness (QED) is 0.462. The van der Waals surface area contributed by atoms with Crippen LogP contribution in [0, 0.1) is 0 Å². The van der Waals surface area contributed by atoms with Gasteiger partial charge in [-0.1, -0.05) is 88.4 Å². The molecule has 30 heavy (non-hydrogen) atoms. The first-order valence-corrected chi connectivity index (χ1v) is 10.6. The first-order chi connectivity index (χ1) is 14.4. The van der Waals surface area contributed by atoms with E-state index in [0.717, 1.165) is 27.9 Å². The molecule has 0 saturated heterocycles. The van der Waals surface area contributed by atoms with Crippen molar-refractivity contribution >= 4 is 11.6 Å². The van der Waals surface area contributed by atoms with Crippen LogP contribution in [0.3, 0.4) is 0 Å². The van der Waals surface area contributed by atoms with Crippen LogP contribution in [-0.2, 0) is 4.79 Å². The second-order valence-electron chi connectivity index (χ2n) is 8.26. The molecule has 1 N–H and O–H groups in total. The minimum Gasteiger partial charge on any atom is -0.481 e. The zero-order valence-electron chi connectivity index (χ0n) is 18.5. The minimum atomic E-state index is -0.604. The van der Waals surface area contributed by atoms with E-state index in [0.29, 0.717) is 17.6 Å². The summed E-state index contributed by atoms with van der Waals surface area (Å²) in [6, 6.07) is 24.3. The van der Waals surface area contributed by atoms with Crippen LogP contribution in [0.25, 0.3) is 11.1 Å². The van der Waals surface area contributed by atoms with Gasteiger partial charge in [-0.05, 0) is 53.1 Å². The van der Waals surface area contributed by atoms with E-state index in [4.69, 9.17) is 4.74 Å². The number of amides is 1. The monoisotopic (exact) mass is 401 g/mol. The minimum absolute atomic E-state index is 0.142. The molecule has 0 aliphatic heterocycles. The van der Waals surface area contributed by atoms with Crippen molar-refractivity contribution in [3.63, 3.8) is 0 Å². The fourth-order valence-electron chi connectivity index (χ4n) is 3.53. The number of hydrogen-bond donors (Lipinski definition) is 1. The topological polar surface area (TPSA) is 38.3 Å². The molecule has 0 aliphatic carbocycles. The summed E-state index contributed by atoms with van der Waals surface area (Å²) in [5.74, 6) is 1.18. The van der Waals surface area contributed by atoms with E-state index in [1.807, 2.05) is 42.5 Å². The molecular weight excluding hydrogens is 370 g/mol. The highest BCUT2D eigenvalue weighted by atomic mass is 16.5. The second-order valence-corrected chi connectivity index (χ2v) is 8.26. The average molecular weight is 402 g/mol. The Kier molecular flexibility index (Phi) is 6.94. The highest BCUT2D eigenvalue weighted by Crippen LogP contribution is 2.32. The molecule has 1 atom stereocenters. The SMILES string of the molecule is CC(Oc1ccc(-c2ccccc2)cc1)C(=O)Nc1c(C(C)C)cccc1C(C)C. The number of ether oxygens (including phenoxy) is 1. The van der Waals surface area contributed by atoms with E-state index in [1.54, 1.807) is 6.92 Å². The highest BCUT2D eigenvalue weighted by Gasteiger charge is 2.20. The maximum Gasteiger partial charge on any atom is 0.265 e. The van der Waals surface area contributed by atoms with Gasteiger partial charge in [0.25, 0.3) is 5.91 Å². The zero-order chi connectivity index (χ0) is 21.7. The molecule has 0 bridgehead atoms. The maximum absolute atomic E-state index is 12.9. The second kappa shape index (κ2) is 9.62. The van der Waals surface area contributed by atoms with E-state index in [9.17, 15) is 4.79 Å². The fourth-order valence-corrected chi connectivity index (χ4v) is 3.53. The summed E-state index contributed by atoms with van der Waals surface area (Å²) in [5.41, 5.74) is 5.49. The number of carbonyl (C=O) groups excluding carboxylic acids is 1. The van der Waals surface area contributed by atoms with Crippen LogP contribution in [0.2, 0.25) is 0 Å². The van der Waals surface area contributed by atoms with Gasteiger partial charge in [-0.25, -0.2) is 0 Å². The predicted molar refractivity (Wildman–Crippen MR) is 125 cm³/mol. The first kappa shape index (κ1) is 21.6. The Balaban J connectivity index is 1.73. The molecule has 0 fully saturated rings. The van der Waals surface area contributed by atoms with Crippen molar-refractivity contribution in [3.05, 3.63) is 83.9 Å². The fraction of sp³-hybridized carbons (Fsp3) is 0.296. The van der Waals surface area contributed by atoms with Crippen LogP contribution >= 0.6 is 0 Å². The van der Waals surface area contributed by atoms with E-state index in [1.165, 1.54) is 0 Å². The molecule has 3 heteroatoms. The third-order valence-corrected chi connectivity index (χ3v) is 5.26. The van der Waals surface area contributed by atoms with Gasteiger partial charge >= 0.3 is 0 Å². The number of rotatable bonds is 7. The Morgan fingerprint density at radius 1 is 0.700 bits per heavy atom. The molecule has 0 radical (unpaired) electrons. The van der Waals surface area contributed by atoms with E-state index in [-0.39, 0.29) is 5.91 Å².